The van der Waals surface area contributed by atoms with Crippen molar-refractivity contribution in [2.24, 2.45) is 0 Å². The molecule has 0 bridgehead atoms. The highest BCUT2D eigenvalue weighted by atomic mass is 15.2. The molecule has 1 aliphatic carbocycles. The number of aromatic nitrogens is 4. The first-order valence-electron chi connectivity index (χ1n) is 17.4. The van der Waals surface area contributed by atoms with E-state index in [1.165, 1.54) is 11.3 Å². The zero-order chi connectivity index (χ0) is 34.1. The van der Waals surface area contributed by atoms with E-state index in [-0.39, 0.29) is 0 Å². The second-order valence-corrected chi connectivity index (χ2v) is 12.9. The Balaban J connectivity index is 1.28. The van der Waals surface area contributed by atoms with Gasteiger partial charge in [-0.15, -0.1) is 0 Å². The van der Waals surface area contributed by atoms with Crippen LogP contribution in [0.2, 0.25) is 0 Å². The molecule has 2 heterocycles. The smallest absolute Gasteiger partial charge is 0.238 e. The second-order valence-electron chi connectivity index (χ2n) is 12.9. The molecule has 51 heavy (non-hydrogen) atoms. The van der Waals surface area contributed by atoms with Crippen LogP contribution < -0.4 is 4.90 Å². The Bertz CT molecular complexity index is 2580. The van der Waals surface area contributed by atoms with Gasteiger partial charge in [0.15, 0.2) is 11.6 Å². The van der Waals surface area contributed by atoms with Crippen LogP contribution in [0.5, 0.6) is 0 Å². The molecule has 0 saturated carbocycles. The molecule has 0 amide bonds. The minimum Gasteiger partial charge on any atom is -0.367 e. The number of fused-ring (bicyclic) bond motifs is 3. The molecule has 0 radical (unpaired) electrons. The van der Waals surface area contributed by atoms with Crippen LogP contribution in [0.15, 0.2) is 176 Å². The first-order valence-corrected chi connectivity index (χ1v) is 17.4. The topological polar surface area (TPSA) is 46.8 Å². The number of benzene rings is 6. The molecule has 8 aromatic rings. The van der Waals surface area contributed by atoms with Crippen LogP contribution in [0.1, 0.15) is 6.42 Å². The molecule has 1 atom stereocenters. The van der Waals surface area contributed by atoms with Crippen molar-refractivity contribution in [3.63, 3.8) is 0 Å². The summed E-state index contributed by atoms with van der Waals surface area (Å²) in [5.41, 5.74) is 9.66. The van der Waals surface area contributed by atoms with E-state index in [4.69, 9.17) is 15.0 Å². The lowest BCUT2D eigenvalue weighted by Crippen LogP contribution is -2.30. The number of anilines is 1. The average Bonchev–Trinajstić information content (AvgIpc) is 3.55. The number of para-hydroxylation sites is 2. The lowest BCUT2D eigenvalue weighted by molar-refractivity contribution is 0.754. The summed E-state index contributed by atoms with van der Waals surface area (Å²) in [4.78, 5) is 18.0. The predicted octanol–water partition coefficient (Wildman–Crippen LogP) is 11.0. The van der Waals surface area contributed by atoms with E-state index in [0.717, 1.165) is 56.0 Å². The van der Waals surface area contributed by atoms with Crippen molar-refractivity contribution in [1.82, 2.24) is 19.5 Å². The Morgan fingerprint density at radius 2 is 1.18 bits per heavy atom. The van der Waals surface area contributed by atoms with Gasteiger partial charge in [-0.25, -0.2) is 4.98 Å². The molecule has 0 aliphatic heterocycles. The summed E-state index contributed by atoms with van der Waals surface area (Å²) in [5, 5.41) is 2.30. The molecule has 9 rings (SSSR count). The average molecular weight is 658 g/mol. The van der Waals surface area contributed by atoms with Crippen molar-refractivity contribution >= 4 is 27.5 Å². The van der Waals surface area contributed by atoms with Gasteiger partial charge >= 0.3 is 0 Å². The minimum atomic E-state index is 0.296. The molecule has 2 aromatic heterocycles. The normalized spacial score (nSPS) is 13.9. The number of nitrogens with zero attached hydrogens (tertiary/aromatic N) is 5. The first-order chi connectivity index (χ1) is 25.2. The van der Waals surface area contributed by atoms with Crippen molar-refractivity contribution in [2.45, 2.75) is 12.5 Å². The van der Waals surface area contributed by atoms with E-state index < -0.39 is 0 Å². The minimum absolute atomic E-state index is 0.296. The van der Waals surface area contributed by atoms with Crippen LogP contribution in [-0.2, 0) is 0 Å². The summed E-state index contributed by atoms with van der Waals surface area (Å²) < 4.78 is 2.21. The maximum absolute atomic E-state index is 5.29. The number of rotatable bonds is 7. The van der Waals surface area contributed by atoms with E-state index in [1.54, 1.807) is 0 Å². The maximum atomic E-state index is 5.29. The lowest BCUT2D eigenvalue weighted by Gasteiger charge is -2.30. The summed E-state index contributed by atoms with van der Waals surface area (Å²) in [5.74, 6) is 1.83. The monoisotopic (exact) mass is 657 g/mol. The molecule has 1 unspecified atom stereocenters. The van der Waals surface area contributed by atoms with Crippen molar-refractivity contribution in [3.8, 4) is 51.0 Å². The summed E-state index contributed by atoms with van der Waals surface area (Å²) in [6.07, 6.45) is 9.75. The van der Waals surface area contributed by atoms with E-state index in [0.29, 0.717) is 23.6 Å². The molecule has 0 saturated heterocycles. The number of likely N-dealkylation sites (N-methyl/N-ethyl adjacent to an activating group) is 1. The van der Waals surface area contributed by atoms with Gasteiger partial charge in [0.05, 0.1) is 17.1 Å². The number of allylic oxidation sites excluding steroid dienone is 2. The van der Waals surface area contributed by atoms with E-state index in [1.807, 2.05) is 30.3 Å². The standard InChI is InChI=1S/C46H35N5/c1-50(35-21-9-4-10-22-35)41-27-15-13-24-37(41)34-29-30-39-38-25-14-16-28-42(38)51(43(39)31-34)46-48-44(33-19-7-3-8-20-33)47-45(49-46)40-26-12-11-23-36(40)32-17-5-2-6-18-32/h2-21,23-31,35H,22H2,1H3. The zero-order valence-electron chi connectivity index (χ0n) is 28.3. The zero-order valence-corrected chi connectivity index (χ0v) is 28.3. The molecular weight excluding hydrogens is 623 g/mol. The summed E-state index contributed by atoms with van der Waals surface area (Å²) in [7, 11) is 2.19. The number of hydrogen-bond donors (Lipinski definition) is 0. The van der Waals surface area contributed by atoms with Crippen LogP contribution in [0.4, 0.5) is 5.69 Å². The fourth-order valence-corrected chi connectivity index (χ4v) is 7.26. The molecule has 0 spiro atoms. The summed E-state index contributed by atoms with van der Waals surface area (Å²) in [6, 6.07) is 53.2. The fraction of sp³-hybridized carbons (Fsp3) is 0.0652. The third kappa shape index (κ3) is 5.59. The van der Waals surface area contributed by atoms with Crippen LogP contribution in [0.3, 0.4) is 0 Å². The third-order valence-electron chi connectivity index (χ3n) is 9.83. The molecule has 244 valence electrons. The van der Waals surface area contributed by atoms with Crippen LogP contribution in [0, 0.1) is 0 Å². The van der Waals surface area contributed by atoms with Gasteiger partial charge in [0, 0.05) is 40.2 Å². The second kappa shape index (κ2) is 13.0. The molecular formula is C46H35N5. The van der Waals surface area contributed by atoms with Gasteiger partial charge in [-0.05, 0) is 41.3 Å². The lowest BCUT2D eigenvalue weighted by atomic mass is 9.99. The largest absolute Gasteiger partial charge is 0.367 e. The highest BCUT2D eigenvalue weighted by molar-refractivity contribution is 6.10. The SMILES string of the molecule is CN(c1ccccc1-c1ccc2c3ccccc3n(-c3nc(-c4ccccc4)nc(-c4ccccc4-c4ccccc4)n3)c2c1)C1C=CC=CC1. The molecule has 6 aromatic carbocycles. The highest BCUT2D eigenvalue weighted by Crippen LogP contribution is 2.39. The molecule has 5 heteroatoms. The molecule has 0 fully saturated rings. The van der Waals surface area contributed by atoms with Crippen molar-refractivity contribution in [2.75, 3.05) is 11.9 Å². The summed E-state index contributed by atoms with van der Waals surface area (Å²) >= 11 is 0. The van der Waals surface area contributed by atoms with Gasteiger partial charge in [-0.1, -0.05) is 158 Å². The Labute approximate surface area is 297 Å². The highest BCUT2D eigenvalue weighted by Gasteiger charge is 2.21. The van der Waals surface area contributed by atoms with E-state index in [9.17, 15) is 0 Å². The van der Waals surface area contributed by atoms with Gasteiger partial charge in [0.1, 0.15) is 0 Å². The van der Waals surface area contributed by atoms with Crippen molar-refractivity contribution in [1.29, 1.82) is 0 Å². The van der Waals surface area contributed by atoms with Crippen molar-refractivity contribution in [3.05, 3.63) is 176 Å². The van der Waals surface area contributed by atoms with Gasteiger partial charge in [-0.2, -0.15) is 9.97 Å². The molecule has 1 aliphatic rings. The van der Waals surface area contributed by atoms with Crippen molar-refractivity contribution < 1.29 is 0 Å². The van der Waals surface area contributed by atoms with Crippen LogP contribution in [0.25, 0.3) is 72.8 Å². The molecule has 0 N–H and O–H groups in total. The van der Waals surface area contributed by atoms with Gasteiger partial charge in [-0.3, -0.25) is 4.57 Å². The van der Waals surface area contributed by atoms with Gasteiger partial charge in [0.2, 0.25) is 5.95 Å². The number of hydrogen-bond acceptors (Lipinski definition) is 4. The Kier molecular flexibility index (Phi) is 7.78. The third-order valence-corrected chi connectivity index (χ3v) is 9.83. The van der Waals surface area contributed by atoms with Gasteiger partial charge in [0.25, 0.3) is 0 Å². The Morgan fingerprint density at radius 3 is 1.96 bits per heavy atom. The quantitative estimate of drug-likeness (QED) is 0.171. The van der Waals surface area contributed by atoms with Gasteiger partial charge < -0.3 is 4.90 Å². The fourth-order valence-electron chi connectivity index (χ4n) is 7.26. The van der Waals surface area contributed by atoms with E-state index in [2.05, 4.69) is 162 Å². The van der Waals surface area contributed by atoms with Crippen LogP contribution in [-0.4, -0.2) is 32.6 Å². The Hall–Kier alpha value is -6.59. The summed E-state index contributed by atoms with van der Waals surface area (Å²) in [6.45, 7) is 0. The predicted molar refractivity (Wildman–Crippen MR) is 211 cm³/mol. The first kappa shape index (κ1) is 30.5. The molecule has 5 nitrogen and oxygen atoms in total. The van der Waals surface area contributed by atoms with E-state index >= 15 is 0 Å². The van der Waals surface area contributed by atoms with Crippen LogP contribution >= 0.6 is 0 Å². The maximum Gasteiger partial charge on any atom is 0.238 e. The Morgan fingerprint density at radius 1 is 0.529 bits per heavy atom.